The van der Waals surface area contributed by atoms with Crippen LogP contribution in [0.3, 0.4) is 0 Å². The van der Waals surface area contributed by atoms with Crippen molar-refractivity contribution in [3.8, 4) is 5.75 Å². The molecule has 6 nitrogen and oxygen atoms in total. The molecule has 0 spiro atoms. The molecular formula is C15H17FN4O2. The zero-order valence-electron chi connectivity index (χ0n) is 12.2. The van der Waals surface area contributed by atoms with E-state index in [1.165, 1.54) is 12.1 Å². The quantitative estimate of drug-likeness (QED) is 0.862. The Morgan fingerprint density at radius 2 is 2.09 bits per heavy atom. The lowest BCUT2D eigenvalue weighted by atomic mass is 10.3. The highest BCUT2D eigenvalue weighted by atomic mass is 19.1. The van der Waals surface area contributed by atoms with Crippen LogP contribution >= 0.6 is 0 Å². The van der Waals surface area contributed by atoms with Crippen LogP contribution in [-0.2, 0) is 4.79 Å². The number of nitrogens with zero attached hydrogens (tertiary/aromatic N) is 4. The summed E-state index contributed by atoms with van der Waals surface area (Å²) in [4.78, 5) is 15.7. The van der Waals surface area contributed by atoms with Gasteiger partial charge < -0.3 is 9.64 Å². The van der Waals surface area contributed by atoms with Crippen LogP contribution in [0.15, 0.2) is 36.7 Å². The molecular weight excluding hydrogens is 287 g/mol. The fourth-order valence-corrected chi connectivity index (χ4v) is 2.58. The molecule has 1 amide bonds. The van der Waals surface area contributed by atoms with Gasteiger partial charge in [0, 0.05) is 13.1 Å². The van der Waals surface area contributed by atoms with E-state index < -0.39 is 11.9 Å². The van der Waals surface area contributed by atoms with Gasteiger partial charge in [-0.25, -0.2) is 4.39 Å². The number of benzene rings is 1. The van der Waals surface area contributed by atoms with Crippen molar-refractivity contribution < 1.29 is 13.9 Å². The molecule has 1 aromatic heterocycles. The van der Waals surface area contributed by atoms with Gasteiger partial charge in [0.1, 0.15) is 0 Å². The number of likely N-dealkylation sites (tertiary alicyclic amines) is 1. The van der Waals surface area contributed by atoms with Crippen LogP contribution in [0.4, 0.5) is 4.39 Å². The fraction of sp³-hybridized carbons (Fsp3) is 0.400. The SMILES string of the molecule is CC(Oc1ccccc1F)C(=O)N1CCC(n2nccn2)C1. The lowest BCUT2D eigenvalue weighted by Gasteiger charge is -2.21. The van der Waals surface area contributed by atoms with Crippen molar-refractivity contribution in [3.63, 3.8) is 0 Å². The summed E-state index contributed by atoms with van der Waals surface area (Å²) in [7, 11) is 0. The highest BCUT2D eigenvalue weighted by Crippen LogP contribution is 2.22. The standard InChI is InChI=1S/C15H17FN4O2/c1-11(22-14-5-3-2-4-13(14)16)15(21)19-9-6-12(10-19)20-17-7-8-18-20/h2-5,7-8,11-12H,6,9-10H2,1H3. The number of halogens is 1. The van der Waals surface area contributed by atoms with Crippen molar-refractivity contribution in [1.82, 2.24) is 19.9 Å². The number of rotatable bonds is 4. The average molecular weight is 304 g/mol. The summed E-state index contributed by atoms with van der Waals surface area (Å²) >= 11 is 0. The number of aromatic nitrogens is 3. The zero-order chi connectivity index (χ0) is 15.5. The lowest BCUT2D eigenvalue weighted by Crippen LogP contribution is -2.39. The van der Waals surface area contributed by atoms with E-state index in [2.05, 4.69) is 10.2 Å². The second-order valence-electron chi connectivity index (χ2n) is 5.27. The number of hydrogen-bond acceptors (Lipinski definition) is 4. The Hall–Kier alpha value is -2.44. The number of amides is 1. The molecule has 1 aliphatic rings. The molecule has 2 unspecified atom stereocenters. The highest BCUT2D eigenvalue weighted by molar-refractivity contribution is 5.81. The first kappa shape index (κ1) is 14.5. The van der Waals surface area contributed by atoms with Crippen molar-refractivity contribution in [2.45, 2.75) is 25.5 Å². The van der Waals surface area contributed by atoms with Crippen LogP contribution in [0.5, 0.6) is 5.75 Å². The number of ether oxygens (including phenoxy) is 1. The summed E-state index contributed by atoms with van der Waals surface area (Å²) < 4.78 is 19.0. The van der Waals surface area contributed by atoms with Gasteiger partial charge in [-0.1, -0.05) is 12.1 Å². The summed E-state index contributed by atoms with van der Waals surface area (Å²) in [5.41, 5.74) is 0. The molecule has 1 aliphatic heterocycles. The minimum absolute atomic E-state index is 0.0830. The van der Waals surface area contributed by atoms with Gasteiger partial charge in [-0.3, -0.25) is 4.79 Å². The largest absolute Gasteiger partial charge is 0.478 e. The van der Waals surface area contributed by atoms with Crippen LogP contribution in [0.2, 0.25) is 0 Å². The normalized spacial score (nSPS) is 19.2. The topological polar surface area (TPSA) is 60.2 Å². The Kier molecular flexibility index (Phi) is 4.04. The number of carbonyl (C=O) groups is 1. The van der Waals surface area contributed by atoms with E-state index in [1.54, 1.807) is 41.1 Å². The van der Waals surface area contributed by atoms with E-state index >= 15 is 0 Å². The molecule has 0 bridgehead atoms. The Balaban J connectivity index is 1.61. The van der Waals surface area contributed by atoms with E-state index in [-0.39, 0.29) is 17.7 Å². The van der Waals surface area contributed by atoms with Gasteiger partial charge in [0.2, 0.25) is 0 Å². The fourth-order valence-electron chi connectivity index (χ4n) is 2.58. The molecule has 3 rings (SSSR count). The van der Waals surface area contributed by atoms with Gasteiger partial charge in [0.05, 0.1) is 18.4 Å². The predicted molar refractivity (Wildman–Crippen MR) is 76.7 cm³/mol. The molecule has 0 N–H and O–H groups in total. The molecule has 0 radical (unpaired) electrons. The van der Waals surface area contributed by atoms with Crippen molar-refractivity contribution in [3.05, 3.63) is 42.5 Å². The minimum Gasteiger partial charge on any atom is -0.478 e. The first-order valence-corrected chi connectivity index (χ1v) is 7.21. The maximum atomic E-state index is 13.6. The van der Waals surface area contributed by atoms with Crippen LogP contribution in [0, 0.1) is 5.82 Å². The first-order valence-electron chi connectivity index (χ1n) is 7.21. The van der Waals surface area contributed by atoms with Crippen LogP contribution in [-0.4, -0.2) is 45.0 Å². The molecule has 0 saturated carbocycles. The molecule has 0 aliphatic carbocycles. The Bertz CT molecular complexity index is 647. The van der Waals surface area contributed by atoms with Gasteiger partial charge in [-0.15, -0.1) is 0 Å². The second kappa shape index (κ2) is 6.13. The first-order chi connectivity index (χ1) is 10.6. The van der Waals surface area contributed by atoms with E-state index in [9.17, 15) is 9.18 Å². The average Bonchev–Trinajstić information content (AvgIpc) is 3.19. The molecule has 2 heterocycles. The lowest BCUT2D eigenvalue weighted by molar-refractivity contribution is -0.137. The maximum absolute atomic E-state index is 13.6. The maximum Gasteiger partial charge on any atom is 0.263 e. The zero-order valence-corrected chi connectivity index (χ0v) is 12.2. The van der Waals surface area contributed by atoms with Crippen LogP contribution < -0.4 is 4.74 Å². The third-order valence-electron chi connectivity index (χ3n) is 3.73. The Labute approximate surface area is 127 Å². The highest BCUT2D eigenvalue weighted by Gasteiger charge is 2.31. The smallest absolute Gasteiger partial charge is 0.263 e. The molecule has 1 fully saturated rings. The summed E-state index contributed by atoms with van der Waals surface area (Å²) in [5.74, 6) is -0.534. The van der Waals surface area contributed by atoms with Crippen LogP contribution in [0.25, 0.3) is 0 Å². The molecule has 2 aromatic rings. The monoisotopic (exact) mass is 304 g/mol. The molecule has 1 aromatic carbocycles. The van der Waals surface area contributed by atoms with E-state index in [1.807, 2.05) is 0 Å². The van der Waals surface area contributed by atoms with E-state index in [0.29, 0.717) is 13.1 Å². The second-order valence-corrected chi connectivity index (χ2v) is 5.27. The summed E-state index contributed by atoms with van der Waals surface area (Å²) in [5, 5.41) is 8.21. The van der Waals surface area contributed by atoms with Crippen molar-refractivity contribution in [1.29, 1.82) is 0 Å². The third kappa shape index (κ3) is 2.93. The number of para-hydroxylation sites is 1. The van der Waals surface area contributed by atoms with Gasteiger partial charge in [-0.05, 0) is 25.5 Å². The molecule has 116 valence electrons. The summed E-state index contributed by atoms with van der Waals surface area (Å²) in [6.07, 6.45) is 3.30. The number of hydrogen-bond donors (Lipinski definition) is 0. The van der Waals surface area contributed by atoms with Crippen molar-refractivity contribution in [2.75, 3.05) is 13.1 Å². The van der Waals surface area contributed by atoms with Gasteiger partial charge in [-0.2, -0.15) is 15.0 Å². The molecule has 2 atom stereocenters. The third-order valence-corrected chi connectivity index (χ3v) is 3.73. The predicted octanol–water partition coefficient (Wildman–Crippen LogP) is 1.66. The summed E-state index contributed by atoms with van der Waals surface area (Å²) in [6.45, 7) is 2.79. The number of carbonyl (C=O) groups excluding carboxylic acids is 1. The Morgan fingerprint density at radius 1 is 1.36 bits per heavy atom. The molecule has 7 heteroatoms. The molecule has 1 saturated heterocycles. The minimum atomic E-state index is -0.735. The van der Waals surface area contributed by atoms with E-state index in [4.69, 9.17) is 4.74 Å². The van der Waals surface area contributed by atoms with Gasteiger partial charge in [0.25, 0.3) is 5.91 Å². The summed E-state index contributed by atoms with van der Waals surface area (Å²) in [6, 6.07) is 6.16. The Morgan fingerprint density at radius 3 is 2.82 bits per heavy atom. The van der Waals surface area contributed by atoms with Crippen molar-refractivity contribution >= 4 is 5.91 Å². The van der Waals surface area contributed by atoms with Crippen LogP contribution in [0.1, 0.15) is 19.4 Å². The molecule has 22 heavy (non-hydrogen) atoms. The van der Waals surface area contributed by atoms with Gasteiger partial charge >= 0.3 is 0 Å². The van der Waals surface area contributed by atoms with E-state index in [0.717, 1.165) is 6.42 Å². The van der Waals surface area contributed by atoms with Crippen molar-refractivity contribution in [2.24, 2.45) is 0 Å². The van der Waals surface area contributed by atoms with Gasteiger partial charge in [0.15, 0.2) is 17.7 Å².